The number of aryl methyl sites for hydroxylation is 1. The van der Waals surface area contributed by atoms with Gasteiger partial charge in [0, 0.05) is 16.3 Å². The largest absolute Gasteiger partial charge is 0.496 e. The summed E-state index contributed by atoms with van der Waals surface area (Å²) in [7, 11) is 1.53. The number of halogens is 1. The Hall–Kier alpha value is -2.86. The van der Waals surface area contributed by atoms with Crippen molar-refractivity contribution >= 4 is 35.3 Å². The third kappa shape index (κ3) is 4.57. The van der Waals surface area contributed by atoms with Gasteiger partial charge in [-0.2, -0.15) is 5.10 Å². The van der Waals surface area contributed by atoms with Crippen molar-refractivity contribution in [3.05, 3.63) is 58.6 Å². The zero-order chi connectivity index (χ0) is 17.5. The van der Waals surface area contributed by atoms with E-state index in [9.17, 15) is 9.59 Å². The number of hydrogen-bond donors (Lipinski definition) is 2. The SMILES string of the molecule is COc1ccccc1/C=N\NC(=O)C(=O)Nc1ccc(C)c(Cl)c1. The molecule has 2 aromatic carbocycles. The van der Waals surface area contributed by atoms with Crippen LogP contribution in [0.3, 0.4) is 0 Å². The second-order valence-electron chi connectivity index (χ2n) is 4.86. The minimum atomic E-state index is -0.891. The van der Waals surface area contributed by atoms with Gasteiger partial charge in [-0.3, -0.25) is 9.59 Å². The minimum absolute atomic E-state index is 0.430. The van der Waals surface area contributed by atoms with Crippen molar-refractivity contribution in [3.63, 3.8) is 0 Å². The molecule has 0 spiro atoms. The molecular weight excluding hydrogens is 330 g/mol. The maximum Gasteiger partial charge on any atom is 0.329 e. The van der Waals surface area contributed by atoms with Gasteiger partial charge in [0.1, 0.15) is 5.75 Å². The molecule has 0 radical (unpaired) electrons. The zero-order valence-corrected chi connectivity index (χ0v) is 13.9. The van der Waals surface area contributed by atoms with Gasteiger partial charge in [0.05, 0.1) is 13.3 Å². The molecule has 2 amide bonds. The molecule has 0 saturated heterocycles. The van der Waals surface area contributed by atoms with Crippen molar-refractivity contribution in [1.29, 1.82) is 0 Å². The van der Waals surface area contributed by atoms with Gasteiger partial charge in [-0.25, -0.2) is 5.43 Å². The fourth-order valence-corrected chi connectivity index (χ4v) is 2.02. The monoisotopic (exact) mass is 345 g/mol. The second-order valence-corrected chi connectivity index (χ2v) is 5.27. The Morgan fingerprint density at radius 3 is 2.62 bits per heavy atom. The van der Waals surface area contributed by atoms with Gasteiger partial charge < -0.3 is 10.1 Å². The van der Waals surface area contributed by atoms with Crippen molar-refractivity contribution in [2.75, 3.05) is 12.4 Å². The van der Waals surface area contributed by atoms with E-state index < -0.39 is 11.8 Å². The van der Waals surface area contributed by atoms with Gasteiger partial charge in [-0.05, 0) is 36.8 Å². The number of nitrogens with one attached hydrogen (secondary N) is 2. The zero-order valence-electron chi connectivity index (χ0n) is 13.2. The number of hydrogen-bond acceptors (Lipinski definition) is 4. The van der Waals surface area contributed by atoms with Crippen LogP contribution < -0.4 is 15.5 Å². The number of para-hydroxylation sites is 1. The third-order valence-electron chi connectivity index (χ3n) is 3.14. The number of ether oxygens (including phenoxy) is 1. The highest BCUT2D eigenvalue weighted by Crippen LogP contribution is 2.19. The summed E-state index contributed by atoms with van der Waals surface area (Å²) in [5, 5.41) is 6.70. The van der Waals surface area contributed by atoms with Crippen LogP contribution in [0.5, 0.6) is 5.75 Å². The van der Waals surface area contributed by atoms with E-state index in [4.69, 9.17) is 16.3 Å². The summed E-state index contributed by atoms with van der Waals surface area (Å²) in [4.78, 5) is 23.6. The van der Waals surface area contributed by atoms with Crippen LogP contribution in [-0.4, -0.2) is 25.1 Å². The van der Waals surface area contributed by atoms with Gasteiger partial charge in [-0.15, -0.1) is 0 Å². The van der Waals surface area contributed by atoms with E-state index in [1.54, 1.807) is 36.4 Å². The van der Waals surface area contributed by atoms with E-state index in [1.165, 1.54) is 13.3 Å². The summed E-state index contributed by atoms with van der Waals surface area (Å²) in [5.41, 5.74) is 4.14. The Kier molecular flexibility index (Phi) is 5.92. The number of nitrogens with zero attached hydrogens (tertiary/aromatic N) is 1. The van der Waals surface area contributed by atoms with Gasteiger partial charge in [-0.1, -0.05) is 29.8 Å². The number of amides is 2. The molecule has 0 heterocycles. The van der Waals surface area contributed by atoms with Crippen LogP contribution in [0, 0.1) is 6.92 Å². The predicted molar refractivity (Wildman–Crippen MR) is 93.5 cm³/mol. The maximum atomic E-state index is 11.8. The molecule has 0 unspecified atom stereocenters. The Morgan fingerprint density at radius 1 is 1.17 bits per heavy atom. The molecular formula is C17H16ClN3O3. The lowest BCUT2D eigenvalue weighted by molar-refractivity contribution is -0.136. The van der Waals surface area contributed by atoms with E-state index in [1.807, 2.05) is 13.0 Å². The molecule has 0 bridgehead atoms. The van der Waals surface area contributed by atoms with Gasteiger partial charge in [0.25, 0.3) is 0 Å². The van der Waals surface area contributed by atoms with E-state index in [-0.39, 0.29) is 0 Å². The highest BCUT2D eigenvalue weighted by molar-refractivity contribution is 6.39. The fraction of sp³-hybridized carbons (Fsp3) is 0.118. The Morgan fingerprint density at radius 2 is 1.92 bits per heavy atom. The van der Waals surface area contributed by atoms with E-state index in [2.05, 4.69) is 15.8 Å². The number of rotatable bonds is 4. The van der Waals surface area contributed by atoms with Crippen LogP contribution in [-0.2, 0) is 9.59 Å². The molecule has 2 aromatic rings. The molecule has 0 fully saturated rings. The minimum Gasteiger partial charge on any atom is -0.496 e. The molecule has 2 N–H and O–H groups in total. The molecule has 6 nitrogen and oxygen atoms in total. The number of methoxy groups -OCH3 is 1. The fourth-order valence-electron chi connectivity index (χ4n) is 1.84. The normalized spacial score (nSPS) is 10.5. The van der Waals surface area contributed by atoms with Crippen molar-refractivity contribution < 1.29 is 14.3 Å². The van der Waals surface area contributed by atoms with Crippen LogP contribution >= 0.6 is 11.6 Å². The van der Waals surface area contributed by atoms with Gasteiger partial charge in [0.15, 0.2) is 0 Å². The molecule has 0 aliphatic rings. The first kappa shape index (κ1) is 17.5. The lowest BCUT2D eigenvalue weighted by Crippen LogP contribution is -2.32. The van der Waals surface area contributed by atoms with Crippen LogP contribution in [0.25, 0.3) is 0 Å². The van der Waals surface area contributed by atoms with Crippen LogP contribution in [0.1, 0.15) is 11.1 Å². The molecule has 0 aliphatic carbocycles. The summed E-state index contributed by atoms with van der Waals surface area (Å²) in [6.45, 7) is 1.84. The van der Waals surface area contributed by atoms with Crippen molar-refractivity contribution in [1.82, 2.24) is 5.43 Å². The Balaban J connectivity index is 1.95. The maximum absolute atomic E-state index is 11.8. The first-order valence-corrected chi connectivity index (χ1v) is 7.42. The predicted octanol–water partition coefficient (Wildman–Crippen LogP) is 2.75. The average molecular weight is 346 g/mol. The molecule has 24 heavy (non-hydrogen) atoms. The average Bonchev–Trinajstić information content (AvgIpc) is 2.58. The molecule has 0 aromatic heterocycles. The number of carbonyl (C=O) groups excluding carboxylic acids is 2. The first-order valence-electron chi connectivity index (χ1n) is 7.05. The second kappa shape index (κ2) is 8.12. The molecule has 0 aliphatic heterocycles. The van der Waals surface area contributed by atoms with E-state index in [0.29, 0.717) is 22.0 Å². The lowest BCUT2D eigenvalue weighted by Gasteiger charge is -2.06. The highest BCUT2D eigenvalue weighted by Gasteiger charge is 2.13. The van der Waals surface area contributed by atoms with Crippen molar-refractivity contribution in [3.8, 4) is 5.75 Å². The topological polar surface area (TPSA) is 79.8 Å². The lowest BCUT2D eigenvalue weighted by atomic mass is 10.2. The number of anilines is 1. The number of benzene rings is 2. The summed E-state index contributed by atoms with van der Waals surface area (Å²) >= 11 is 5.97. The van der Waals surface area contributed by atoms with Crippen LogP contribution in [0.2, 0.25) is 5.02 Å². The number of hydrazone groups is 1. The third-order valence-corrected chi connectivity index (χ3v) is 3.55. The molecule has 0 atom stereocenters. The van der Waals surface area contributed by atoms with Gasteiger partial charge in [0.2, 0.25) is 0 Å². The molecule has 7 heteroatoms. The molecule has 124 valence electrons. The van der Waals surface area contributed by atoms with Gasteiger partial charge >= 0.3 is 11.8 Å². The summed E-state index contributed by atoms with van der Waals surface area (Å²) in [6, 6.07) is 12.1. The molecule has 2 rings (SSSR count). The standard InChI is InChI=1S/C17H16ClN3O3/c1-11-7-8-13(9-14(11)18)20-16(22)17(23)21-19-10-12-5-3-4-6-15(12)24-2/h3-10H,1-2H3,(H,20,22)(H,21,23)/b19-10-. The van der Waals surface area contributed by atoms with E-state index in [0.717, 1.165) is 5.56 Å². The smallest absolute Gasteiger partial charge is 0.329 e. The summed E-state index contributed by atoms with van der Waals surface area (Å²) in [5.74, 6) is -1.13. The Bertz CT molecular complexity index is 790. The highest BCUT2D eigenvalue weighted by atomic mass is 35.5. The summed E-state index contributed by atoms with van der Waals surface area (Å²) in [6.07, 6.45) is 1.40. The van der Waals surface area contributed by atoms with Crippen molar-refractivity contribution in [2.45, 2.75) is 6.92 Å². The van der Waals surface area contributed by atoms with Crippen LogP contribution in [0.15, 0.2) is 47.6 Å². The van der Waals surface area contributed by atoms with Crippen LogP contribution in [0.4, 0.5) is 5.69 Å². The first-order chi connectivity index (χ1) is 11.5. The molecule has 0 saturated carbocycles. The quantitative estimate of drug-likeness (QED) is 0.508. The number of carbonyl (C=O) groups is 2. The Labute approximate surface area is 144 Å². The van der Waals surface area contributed by atoms with Crippen molar-refractivity contribution in [2.24, 2.45) is 5.10 Å². The van der Waals surface area contributed by atoms with E-state index >= 15 is 0 Å². The summed E-state index contributed by atoms with van der Waals surface area (Å²) < 4.78 is 5.15.